The van der Waals surface area contributed by atoms with E-state index in [0.29, 0.717) is 49.2 Å². The highest BCUT2D eigenvalue weighted by Crippen LogP contribution is 2.31. The minimum absolute atomic E-state index is 0.232. The standard InChI is InChI=1S/C21H24N4O5/c1-28-17-6-3-5-16(20(17)29-2)7-8-19(27)30-15-18(26)24-11-13-25(14-12-24)21-22-9-4-10-23-21/h3-10H,11-15H2,1-2H3/b8-7+. The summed E-state index contributed by atoms with van der Waals surface area (Å²) in [5.41, 5.74) is 0.666. The van der Waals surface area contributed by atoms with Crippen molar-refractivity contribution in [2.24, 2.45) is 0 Å². The van der Waals surface area contributed by atoms with Crippen molar-refractivity contribution in [1.82, 2.24) is 14.9 Å². The van der Waals surface area contributed by atoms with Crippen LogP contribution in [-0.2, 0) is 14.3 Å². The van der Waals surface area contributed by atoms with Crippen molar-refractivity contribution in [3.63, 3.8) is 0 Å². The number of benzene rings is 1. The molecule has 2 aromatic rings. The molecule has 9 nitrogen and oxygen atoms in total. The summed E-state index contributed by atoms with van der Waals surface area (Å²) in [6, 6.07) is 7.09. The molecule has 3 rings (SSSR count). The van der Waals surface area contributed by atoms with E-state index in [1.807, 2.05) is 4.90 Å². The molecule has 0 saturated carbocycles. The van der Waals surface area contributed by atoms with Crippen LogP contribution in [0.5, 0.6) is 11.5 Å². The van der Waals surface area contributed by atoms with Gasteiger partial charge in [0, 0.05) is 50.2 Å². The van der Waals surface area contributed by atoms with Crippen molar-refractivity contribution in [3.05, 3.63) is 48.3 Å². The van der Waals surface area contributed by atoms with Crippen LogP contribution in [0.1, 0.15) is 5.56 Å². The summed E-state index contributed by atoms with van der Waals surface area (Å²) in [4.78, 5) is 36.5. The van der Waals surface area contributed by atoms with E-state index in [9.17, 15) is 9.59 Å². The average Bonchev–Trinajstić information content (AvgIpc) is 2.81. The first kappa shape index (κ1) is 21.1. The second kappa shape index (κ2) is 10.2. The summed E-state index contributed by atoms with van der Waals surface area (Å²) < 4.78 is 15.6. The molecule has 30 heavy (non-hydrogen) atoms. The molecule has 1 amide bonds. The lowest BCUT2D eigenvalue weighted by molar-refractivity contribution is -0.148. The topological polar surface area (TPSA) is 94.1 Å². The fourth-order valence-corrected chi connectivity index (χ4v) is 3.08. The van der Waals surface area contributed by atoms with E-state index in [1.165, 1.54) is 20.3 Å². The summed E-state index contributed by atoms with van der Waals surface area (Å²) in [5, 5.41) is 0. The van der Waals surface area contributed by atoms with E-state index >= 15 is 0 Å². The molecular formula is C21H24N4O5. The van der Waals surface area contributed by atoms with Crippen LogP contribution >= 0.6 is 0 Å². The predicted molar refractivity (Wildman–Crippen MR) is 110 cm³/mol. The Balaban J connectivity index is 1.47. The third kappa shape index (κ3) is 5.25. The van der Waals surface area contributed by atoms with Gasteiger partial charge in [-0.15, -0.1) is 0 Å². The van der Waals surface area contributed by atoms with Crippen LogP contribution < -0.4 is 14.4 Å². The highest BCUT2D eigenvalue weighted by Gasteiger charge is 2.23. The minimum Gasteiger partial charge on any atom is -0.493 e. The number of esters is 1. The lowest BCUT2D eigenvalue weighted by Crippen LogP contribution is -2.50. The smallest absolute Gasteiger partial charge is 0.331 e. The fraction of sp³-hybridized carbons (Fsp3) is 0.333. The molecule has 0 radical (unpaired) electrons. The van der Waals surface area contributed by atoms with E-state index in [0.717, 1.165) is 0 Å². The first-order valence-electron chi connectivity index (χ1n) is 9.48. The maximum absolute atomic E-state index is 12.3. The SMILES string of the molecule is COc1cccc(/C=C/C(=O)OCC(=O)N2CCN(c3ncccn3)CC2)c1OC. The summed E-state index contributed by atoms with van der Waals surface area (Å²) in [7, 11) is 3.06. The van der Waals surface area contributed by atoms with Crippen molar-refractivity contribution in [1.29, 1.82) is 0 Å². The molecule has 1 aliphatic heterocycles. The number of rotatable bonds is 7. The van der Waals surface area contributed by atoms with E-state index in [2.05, 4.69) is 9.97 Å². The van der Waals surface area contributed by atoms with Gasteiger partial charge in [0.2, 0.25) is 5.95 Å². The molecule has 1 aromatic carbocycles. The number of para-hydroxylation sites is 1. The molecule has 1 aromatic heterocycles. The Morgan fingerprint density at radius 1 is 1.03 bits per heavy atom. The quantitative estimate of drug-likeness (QED) is 0.498. The molecule has 0 bridgehead atoms. The lowest BCUT2D eigenvalue weighted by atomic mass is 10.1. The number of hydrogen-bond donors (Lipinski definition) is 0. The predicted octanol–water partition coefficient (Wildman–Crippen LogP) is 1.40. The zero-order valence-electron chi connectivity index (χ0n) is 17.0. The molecule has 1 fully saturated rings. The van der Waals surface area contributed by atoms with Crippen molar-refractivity contribution >= 4 is 23.9 Å². The number of carbonyl (C=O) groups is 2. The molecule has 0 N–H and O–H groups in total. The second-order valence-electron chi connectivity index (χ2n) is 6.44. The summed E-state index contributed by atoms with van der Waals surface area (Å²) in [6.45, 7) is 1.98. The Bertz CT molecular complexity index is 896. The molecule has 0 spiro atoms. The van der Waals surface area contributed by atoms with Gasteiger partial charge in [0.25, 0.3) is 5.91 Å². The number of hydrogen-bond acceptors (Lipinski definition) is 8. The van der Waals surface area contributed by atoms with Crippen LogP contribution in [0, 0.1) is 0 Å². The number of piperazine rings is 1. The van der Waals surface area contributed by atoms with Gasteiger partial charge in [-0.1, -0.05) is 12.1 Å². The number of aromatic nitrogens is 2. The van der Waals surface area contributed by atoms with Crippen molar-refractivity contribution in [3.8, 4) is 11.5 Å². The molecule has 158 valence electrons. The van der Waals surface area contributed by atoms with Crippen molar-refractivity contribution in [2.45, 2.75) is 0 Å². The zero-order valence-corrected chi connectivity index (χ0v) is 17.0. The van der Waals surface area contributed by atoms with Gasteiger partial charge >= 0.3 is 5.97 Å². The van der Waals surface area contributed by atoms with Crippen LogP contribution in [0.15, 0.2) is 42.7 Å². The largest absolute Gasteiger partial charge is 0.493 e. The highest BCUT2D eigenvalue weighted by molar-refractivity contribution is 5.90. The maximum atomic E-state index is 12.3. The Morgan fingerprint density at radius 2 is 1.77 bits per heavy atom. The van der Waals surface area contributed by atoms with Gasteiger partial charge < -0.3 is 24.0 Å². The van der Waals surface area contributed by atoms with E-state index in [1.54, 1.807) is 47.6 Å². The van der Waals surface area contributed by atoms with Crippen LogP contribution in [-0.4, -0.2) is 73.7 Å². The van der Waals surface area contributed by atoms with E-state index < -0.39 is 5.97 Å². The van der Waals surface area contributed by atoms with Gasteiger partial charge in [-0.2, -0.15) is 0 Å². The molecule has 9 heteroatoms. The van der Waals surface area contributed by atoms with Gasteiger partial charge in [0.1, 0.15) is 0 Å². The molecule has 0 aliphatic carbocycles. The number of nitrogens with zero attached hydrogens (tertiary/aromatic N) is 4. The monoisotopic (exact) mass is 412 g/mol. The summed E-state index contributed by atoms with van der Waals surface area (Å²) in [5.74, 6) is 0.881. The maximum Gasteiger partial charge on any atom is 0.331 e. The van der Waals surface area contributed by atoms with E-state index in [-0.39, 0.29) is 12.5 Å². The Labute approximate surface area is 174 Å². The first-order valence-corrected chi connectivity index (χ1v) is 9.48. The molecule has 0 atom stereocenters. The minimum atomic E-state index is -0.607. The Hall–Kier alpha value is -3.62. The van der Waals surface area contributed by atoms with Gasteiger partial charge in [-0.3, -0.25) is 4.79 Å². The number of carbonyl (C=O) groups excluding carboxylic acids is 2. The van der Waals surface area contributed by atoms with Crippen LogP contribution in [0.4, 0.5) is 5.95 Å². The summed E-state index contributed by atoms with van der Waals surface area (Å²) in [6.07, 6.45) is 6.20. The van der Waals surface area contributed by atoms with Crippen LogP contribution in [0.25, 0.3) is 6.08 Å². The van der Waals surface area contributed by atoms with Gasteiger partial charge in [-0.25, -0.2) is 14.8 Å². The third-order valence-corrected chi connectivity index (χ3v) is 4.64. The first-order chi connectivity index (χ1) is 14.6. The zero-order chi connectivity index (χ0) is 21.3. The second-order valence-corrected chi connectivity index (χ2v) is 6.44. The third-order valence-electron chi connectivity index (χ3n) is 4.64. The van der Waals surface area contributed by atoms with E-state index in [4.69, 9.17) is 14.2 Å². The number of methoxy groups -OCH3 is 2. The van der Waals surface area contributed by atoms with Crippen LogP contribution in [0.2, 0.25) is 0 Å². The number of ether oxygens (including phenoxy) is 3. The Morgan fingerprint density at radius 3 is 2.43 bits per heavy atom. The lowest BCUT2D eigenvalue weighted by Gasteiger charge is -2.34. The number of anilines is 1. The van der Waals surface area contributed by atoms with Gasteiger partial charge in [-0.05, 0) is 18.2 Å². The summed E-state index contributed by atoms with van der Waals surface area (Å²) >= 11 is 0. The van der Waals surface area contributed by atoms with Crippen molar-refractivity contribution in [2.75, 3.05) is 51.9 Å². The molecular weight excluding hydrogens is 388 g/mol. The van der Waals surface area contributed by atoms with Crippen molar-refractivity contribution < 1.29 is 23.8 Å². The highest BCUT2D eigenvalue weighted by atomic mass is 16.5. The van der Waals surface area contributed by atoms with Gasteiger partial charge in [0.05, 0.1) is 14.2 Å². The average molecular weight is 412 g/mol. The fourth-order valence-electron chi connectivity index (χ4n) is 3.08. The normalized spacial score (nSPS) is 13.9. The molecule has 2 heterocycles. The molecule has 1 saturated heterocycles. The molecule has 1 aliphatic rings. The molecule has 0 unspecified atom stereocenters. The van der Waals surface area contributed by atoms with Crippen LogP contribution in [0.3, 0.4) is 0 Å². The number of amides is 1. The Kier molecular flexibility index (Phi) is 7.20. The van der Waals surface area contributed by atoms with Gasteiger partial charge in [0.15, 0.2) is 18.1 Å².